The maximum atomic E-state index is 11.7. The van der Waals surface area contributed by atoms with E-state index in [1.165, 1.54) is 0 Å². The lowest BCUT2D eigenvalue weighted by Gasteiger charge is -2.08. The molecule has 0 radical (unpaired) electrons. The van der Waals surface area contributed by atoms with Crippen LogP contribution in [0.2, 0.25) is 0 Å². The first-order chi connectivity index (χ1) is 8.15. The SMILES string of the molecule is CNc1ncccc1C(=O)NCCNC(N)=O. The first-order valence-electron chi connectivity index (χ1n) is 5.09. The molecule has 1 aromatic rings. The minimum Gasteiger partial charge on any atom is -0.372 e. The van der Waals surface area contributed by atoms with Gasteiger partial charge in [0.15, 0.2) is 0 Å². The van der Waals surface area contributed by atoms with Gasteiger partial charge in [-0.25, -0.2) is 9.78 Å². The standard InChI is InChI=1S/C10H15N5O2/c1-12-8-7(3-2-4-13-8)9(16)14-5-6-15-10(11)17/h2-4H,5-6H2,1H3,(H,12,13)(H,14,16)(H3,11,15,17). The van der Waals surface area contributed by atoms with E-state index < -0.39 is 6.03 Å². The molecule has 0 bridgehead atoms. The molecular formula is C10H15N5O2. The van der Waals surface area contributed by atoms with Crippen molar-refractivity contribution in [2.45, 2.75) is 0 Å². The van der Waals surface area contributed by atoms with Gasteiger partial charge in [0.2, 0.25) is 0 Å². The molecule has 0 aliphatic heterocycles. The predicted octanol–water partition coefficient (Wildman–Crippen LogP) is -0.479. The van der Waals surface area contributed by atoms with Crippen molar-refractivity contribution < 1.29 is 9.59 Å². The van der Waals surface area contributed by atoms with E-state index in [9.17, 15) is 9.59 Å². The van der Waals surface area contributed by atoms with Crippen molar-refractivity contribution in [1.29, 1.82) is 0 Å². The zero-order chi connectivity index (χ0) is 12.7. The largest absolute Gasteiger partial charge is 0.372 e. The minimum atomic E-state index is -0.614. The van der Waals surface area contributed by atoms with Crippen LogP contribution in [-0.2, 0) is 0 Å². The van der Waals surface area contributed by atoms with E-state index in [1.807, 2.05) is 0 Å². The number of hydrogen-bond acceptors (Lipinski definition) is 4. The Morgan fingerprint density at radius 2 is 2.06 bits per heavy atom. The van der Waals surface area contributed by atoms with Crippen LogP contribution in [0, 0.1) is 0 Å². The molecule has 0 aliphatic rings. The van der Waals surface area contributed by atoms with E-state index in [0.29, 0.717) is 17.9 Å². The number of hydrogen-bond donors (Lipinski definition) is 4. The molecule has 1 rings (SSSR count). The van der Waals surface area contributed by atoms with Crippen LogP contribution >= 0.6 is 0 Å². The van der Waals surface area contributed by atoms with Gasteiger partial charge in [-0.1, -0.05) is 0 Å². The summed E-state index contributed by atoms with van der Waals surface area (Å²) >= 11 is 0. The molecule has 0 spiro atoms. The van der Waals surface area contributed by atoms with Crippen molar-refractivity contribution in [2.24, 2.45) is 5.73 Å². The Balaban J connectivity index is 2.49. The van der Waals surface area contributed by atoms with Gasteiger partial charge in [0.1, 0.15) is 5.82 Å². The summed E-state index contributed by atoms with van der Waals surface area (Å²) in [5.41, 5.74) is 5.34. The van der Waals surface area contributed by atoms with Gasteiger partial charge in [-0.15, -0.1) is 0 Å². The minimum absolute atomic E-state index is 0.256. The lowest BCUT2D eigenvalue weighted by Crippen LogP contribution is -2.37. The van der Waals surface area contributed by atoms with Crippen LogP contribution in [0.25, 0.3) is 0 Å². The fraction of sp³-hybridized carbons (Fsp3) is 0.300. The highest BCUT2D eigenvalue weighted by molar-refractivity contribution is 5.98. The zero-order valence-corrected chi connectivity index (χ0v) is 9.49. The second kappa shape index (κ2) is 6.31. The number of primary amides is 1. The summed E-state index contributed by atoms with van der Waals surface area (Å²) in [4.78, 5) is 26.1. The third kappa shape index (κ3) is 3.98. The molecule has 0 saturated carbocycles. The van der Waals surface area contributed by atoms with Gasteiger partial charge in [-0.3, -0.25) is 4.79 Å². The number of aromatic nitrogens is 1. The van der Waals surface area contributed by atoms with Crippen molar-refractivity contribution >= 4 is 17.8 Å². The fourth-order valence-electron chi connectivity index (χ4n) is 1.24. The molecule has 7 nitrogen and oxygen atoms in total. The zero-order valence-electron chi connectivity index (χ0n) is 9.49. The van der Waals surface area contributed by atoms with Gasteiger partial charge in [0.05, 0.1) is 5.56 Å². The Hall–Kier alpha value is -2.31. The molecule has 0 fully saturated rings. The summed E-state index contributed by atoms with van der Waals surface area (Å²) in [6.45, 7) is 0.593. The van der Waals surface area contributed by atoms with Crippen LogP contribution in [-0.4, -0.2) is 37.1 Å². The Morgan fingerprint density at radius 3 is 2.71 bits per heavy atom. The first kappa shape index (κ1) is 12.8. The highest BCUT2D eigenvalue weighted by atomic mass is 16.2. The molecule has 1 aromatic heterocycles. The normalized spacial score (nSPS) is 9.47. The lowest BCUT2D eigenvalue weighted by atomic mass is 10.2. The van der Waals surface area contributed by atoms with Gasteiger partial charge in [-0.05, 0) is 12.1 Å². The number of anilines is 1. The average Bonchev–Trinajstić information content (AvgIpc) is 2.34. The smallest absolute Gasteiger partial charge is 0.312 e. The van der Waals surface area contributed by atoms with Gasteiger partial charge in [0.25, 0.3) is 5.91 Å². The monoisotopic (exact) mass is 237 g/mol. The van der Waals surface area contributed by atoms with E-state index in [1.54, 1.807) is 25.4 Å². The fourth-order valence-corrected chi connectivity index (χ4v) is 1.24. The number of nitrogens with one attached hydrogen (secondary N) is 3. The molecule has 0 unspecified atom stereocenters. The molecule has 0 atom stereocenters. The molecule has 17 heavy (non-hydrogen) atoms. The number of nitrogens with zero attached hydrogens (tertiary/aromatic N) is 1. The topological polar surface area (TPSA) is 109 Å². The number of carbonyl (C=O) groups excluding carboxylic acids is 2. The number of carbonyl (C=O) groups is 2. The van der Waals surface area contributed by atoms with Crippen LogP contribution in [0.3, 0.4) is 0 Å². The second-order valence-corrected chi connectivity index (χ2v) is 3.20. The van der Waals surface area contributed by atoms with Gasteiger partial charge < -0.3 is 21.7 Å². The van der Waals surface area contributed by atoms with Crippen molar-refractivity contribution in [2.75, 3.05) is 25.5 Å². The highest BCUT2D eigenvalue weighted by Gasteiger charge is 2.09. The number of pyridine rings is 1. The molecule has 0 aliphatic carbocycles. The van der Waals surface area contributed by atoms with Crippen molar-refractivity contribution in [1.82, 2.24) is 15.6 Å². The van der Waals surface area contributed by atoms with Gasteiger partial charge in [0, 0.05) is 26.3 Å². The van der Waals surface area contributed by atoms with Gasteiger partial charge >= 0.3 is 6.03 Å². The third-order valence-corrected chi connectivity index (χ3v) is 2.00. The predicted molar refractivity (Wildman–Crippen MR) is 63.7 cm³/mol. The summed E-state index contributed by atoms with van der Waals surface area (Å²) < 4.78 is 0. The summed E-state index contributed by atoms with van der Waals surface area (Å²) in [6, 6.07) is 2.73. The van der Waals surface area contributed by atoms with E-state index >= 15 is 0 Å². The van der Waals surface area contributed by atoms with Crippen LogP contribution in [0.5, 0.6) is 0 Å². The van der Waals surface area contributed by atoms with E-state index in [-0.39, 0.29) is 12.5 Å². The third-order valence-electron chi connectivity index (χ3n) is 2.00. The van der Waals surface area contributed by atoms with E-state index in [2.05, 4.69) is 20.9 Å². The molecular weight excluding hydrogens is 222 g/mol. The Morgan fingerprint density at radius 1 is 1.35 bits per heavy atom. The Labute approximate surface area is 98.8 Å². The van der Waals surface area contributed by atoms with Crippen molar-refractivity contribution in [3.8, 4) is 0 Å². The molecule has 3 amide bonds. The quantitative estimate of drug-likeness (QED) is 0.518. The second-order valence-electron chi connectivity index (χ2n) is 3.20. The Kier molecular flexibility index (Phi) is 4.74. The first-order valence-corrected chi connectivity index (χ1v) is 5.09. The number of nitrogens with two attached hydrogens (primary N) is 1. The maximum Gasteiger partial charge on any atom is 0.312 e. The summed E-state index contributed by atoms with van der Waals surface area (Å²) in [5.74, 6) is 0.251. The molecule has 1 heterocycles. The molecule has 0 saturated heterocycles. The highest BCUT2D eigenvalue weighted by Crippen LogP contribution is 2.09. The van der Waals surface area contributed by atoms with Crippen LogP contribution in [0.4, 0.5) is 10.6 Å². The van der Waals surface area contributed by atoms with E-state index in [4.69, 9.17) is 5.73 Å². The van der Waals surface area contributed by atoms with Crippen LogP contribution < -0.4 is 21.7 Å². The summed E-state index contributed by atoms with van der Waals surface area (Å²) in [7, 11) is 1.69. The average molecular weight is 237 g/mol. The number of rotatable bonds is 5. The van der Waals surface area contributed by atoms with Crippen molar-refractivity contribution in [3.63, 3.8) is 0 Å². The summed E-state index contributed by atoms with van der Waals surface area (Å²) in [5, 5.41) is 7.84. The van der Waals surface area contributed by atoms with E-state index in [0.717, 1.165) is 0 Å². The van der Waals surface area contributed by atoms with Crippen molar-refractivity contribution in [3.05, 3.63) is 23.9 Å². The lowest BCUT2D eigenvalue weighted by molar-refractivity contribution is 0.0954. The number of amides is 3. The molecule has 5 N–H and O–H groups in total. The van der Waals surface area contributed by atoms with Crippen LogP contribution in [0.1, 0.15) is 10.4 Å². The maximum absolute atomic E-state index is 11.7. The van der Waals surface area contributed by atoms with Gasteiger partial charge in [-0.2, -0.15) is 0 Å². The Bertz CT molecular complexity index is 407. The number of urea groups is 1. The molecule has 0 aromatic carbocycles. The molecule has 7 heteroatoms. The van der Waals surface area contributed by atoms with Crippen LogP contribution in [0.15, 0.2) is 18.3 Å². The molecule has 92 valence electrons. The summed E-state index contributed by atoms with van der Waals surface area (Å²) in [6.07, 6.45) is 1.59.